The zero-order valence-corrected chi connectivity index (χ0v) is 13.0. The molecule has 1 atom stereocenters. The number of alkyl halides is 2. The van der Waals surface area contributed by atoms with Crippen molar-refractivity contribution in [1.82, 2.24) is 9.97 Å². The van der Waals surface area contributed by atoms with E-state index >= 15 is 0 Å². The fourth-order valence-electron chi connectivity index (χ4n) is 2.81. The molecule has 1 N–H and O–H groups in total. The molecule has 1 fully saturated rings. The van der Waals surface area contributed by atoms with E-state index < -0.39 is 6.43 Å². The molecule has 7 heteroatoms. The van der Waals surface area contributed by atoms with E-state index in [1.807, 2.05) is 4.90 Å². The maximum atomic E-state index is 12.6. The number of rotatable bonds is 4. The molecule has 24 heavy (non-hydrogen) atoms. The van der Waals surface area contributed by atoms with Gasteiger partial charge in [0.05, 0.1) is 12.1 Å². The average Bonchev–Trinajstić information content (AvgIpc) is 2.63. The minimum Gasteiger partial charge on any atom is -0.355 e. The minimum atomic E-state index is -2.51. The van der Waals surface area contributed by atoms with E-state index in [0.717, 1.165) is 25.2 Å². The third-order valence-electron chi connectivity index (χ3n) is 4.10. The largest absolute Gasteiger partial charge is 0.355 e. The molecule has 2 aromatic rings. The number of nitrogens with one attached hydrogen (secondary N) is 1. The van der Waals surface area contributed by atoms with Gasteiger partial charge in [-0.1, -0.05) is 12.1 Å². The van der Waals surface area contributed by atoms with Crippen molar-refractivity contribution in [3.8, 4) is 0 Å². The number of hydrogen-bond donors (Lipinski definition) is 1. The van der Waals surface area contributed by atoms with Crippen LogP contribution < -0.4 is 10.2 Å². The number of aromatic nitrogens is 2. The Hall–Kier alpha value is -2.57. The molecule has 1 aromatic heterocycles. The molecule has 1 unspecified atom stereocenters. The van der Waals surface area contributed by atoms with Crippen molar-refractivity contribution in [3.05, 3.63) is 48.4 Å². The second-order valence-corrected chi connectivity index (χ2v) is 5.76. The molecule has 1 aliphatic heterocycles. The van der Waals surface area contributed by atoms with Gasteiger partial charge in [0, 0.05) is 36.7 Å². The van der Waals surface area contributed by atoms with Crippen LogP contribution in [0, 0.1) is 5.92 Å². The summed E-state index contributed by atoms with van der Waals surface area (Å²) in [6, 6.07) is 5.66. The Labute approximate surface area is 138 Å². The van der Waals surface area contributed by atoms with Gasteiger partial charge in [0.1, 0.15) is 5.82 Å². The standard InChI is InChI=1S/C17H18F2N4O/c18-16(19)12-3-5-14(6-4-12)22-17(24)13-2-1-9-23(11-13)15-10-20-7-8-21-15/h3-8,10,13,16H,1-2,9,11H2,(H,22,24). The normalized spacial score (nSPS) is 17.8. The van der Waals surface area contributed by atoms with Crippen LogP contribution >= 0.6 is 0 Å². The number of halogens is 2. The third-order valence-corrected chi connectivity index (χ3v) is 4.10. The predicted octanol–water partition coefficient (Wildman–Crippen LogP) is 3.27. The molecule has 0 radical (unpaired) electrons. The van der Waals surface area contributed by atoms with Gasteiger partial charge in [-0.3, -0.25) is 9.78 Å². The molecular formula is C17H18F2N4O. The van der Waals surface area contributed by atoms with Crippen LogP contribution in [0.4, 0.5) is 20.3 Å². The summed E-state index contributed by atoms with van der Waals surface area (Å²) in [4.78, 5) is 22.8. The summed E-state index contributed by atoms with van der Waals surface area (Å²) in [5.41, 5.74) is 0.473. The van der Waals surface area contributed by atoms with Crippen LogP contribution in [-0.2, 0) is 4.79 Å². The number of benzene rings is 1. The van der Waals surface area contributed by atoms with E-state index in [-0.39, 0.29) is 17.4 Å². The summed E-state index contributed by atoms with van der Waals surface area (Å²) in [6.45, 7) is 1.41. The van der Waals surface area contributed by atoms with Gasteiger partial charge in [0.2, 0.25) is 5.91 Å². The summed E-state index contributed by atoms with van der Waals surface area (Å²) < 4.78 is 25.1. The molecule has 1 aliphatic rings. The highest BCUT2D eigenvalue weighted by Gasteiger charge is 2.26. The first-order valence-electron chi connectivity index (χ1n) is 7.83. The first kappa shape index (κ1) is 16.3. The van der Waals surface area contributed by atoms with Gasteiger partial charge in [-0.15, -0.1) is 0 Å². The minimum absolute atomic E-state index is 0.0560. The molecule has 0 bridgehead atoms. The monoisotopic (exact) mass is 332 g/mol. The van der Waals surface area contributed by atoms with Gasteiger partial charge in [0.25, 0.3) is 6.43 Å². The van der Waals surface area contributed by atoms with Crippen molar-refractivity contribution in [2.24, 2.45) is 5.92 Å². The van der Waals surface area contributed by atoms with E-state index in [2.05, 4.69) is 15.3 Å². The van der Waals surface area contributed by atoms with Crippen molar-refractivity contribution < 1.29 is 13.6 Å². The van der Waals surface area contributed by atoms with Crippen molar-refractivity contribution in [2.75, 3.05) is 23.3 Å². The van der Waals surface area contributed by atoms with Gasteiger partial charge in [-0.2, -0.15) is 0 Å². The van der Waals surface area contributed by atoms with Crippen LogP contribution in [0.2, 0.25) is 0 Å². The fraction of sp³-hybridized carbons (Fsp3) is 0.353. The Morgan fingerprint density at radius 1 is 1.25 bits per heavy atom. The van der Waals surface area contributed by atoms with Crippen LogP contribution in [0.3, 0.4) is 0 Å². The van der Waals surface area contributed by atoms with E-state index in [1.54, 1.807) is 18.6 Å². The number of nitrogens with zero attached hydrogens (tertiary/aromatic N) is 3. The van der Waals surface area contributed by atoms with Crippen LogP contribution in [0.5, 0.6) is 0 Å². The highest BCUT2D eigenvalue weighted by Crippen LogP contribution is 2.24. The zero-order chi connectivity index (χ0) is 16.9. The molecule has 1 aromatic carbocycles. The average molecular weight is 332 g/mol. The van der Waals surface area contributed by atoms with Crippen molar-refractivity contribution in [3.63, 3.8) is 0 Å². The summed E-state index contributed by atoms with van der Waals surface area (Å²) in [6.07, 6.45) is 4.10. The van der Waals surface area contributed by atoms with Gasteiger partial charge in [-0.05, 0) is 25.0 Å². The number of carbonyl (C=O) groups is 1. The van der Waals surface area contributed by atoms with E-state index in [4.69, 9.17) is 0 Å². The number of carbonyl (C=O) groups excluding carboxylic acids is 1. The Kier molecular flexibility index (Phi) is 4.98. The molecule has 1 amide bonds. The lowest BCUT2D eigenvalue weighted by Crippen LogP contribution is -2.41. The molecule has 5 nitrogen and oxygen atoms in total. The molecule has 126 valence electrons. The SMILES string of the molecule is O=C(Nc1ccc(C(F)F)cc1)C1CCCN(c2cnccn2)C1. The second-order valence-electron chi connectivity index (χ2n) is 5.76. The topological polar surface area (TPSA) is 58.1 Å². The first-order chi connectivity index (χ1) is 11.6. The highest BCUT2D eigenvalue weighted by molar-refractivity contribution is 5.93. The van der Waals surface area contributed by atoms with Crippen molar-refractivity contribution in [1.29, 1.82) is 0 Å². The van der Waals surface area contributed by atoms with E-state index in [0.29, 0.717) is 12.2 Å². The molecular weight excluding hydrogens is 314 g/mol. The quantitative estimate of drug-likeness (QED) is 0.933. The molecule has 3 rings (SSSR count). The number of piperidine rings is 1. The lowest BCUT2D eigenvalue weighted by atomic mass is 9.97. The predicted molar refractivity (Wildman–Crippen MR) is 87.0 cm³/mol. The van der Waals surface area contributed by atoms with Crippen molar-refractivity contribution >= 4 is 17.4 Å². The maximum Gasteiger partial charge on any atom is 0.263 e. The second kappa shape index (κ2) is 7.33. The van der Waals surface area contributed by atoms with Gasteiger partial charge in [0.15, 0.2) is 0 Å². The van der Waals surface area contributed by atoms with E-state index in [1.165, 1.54) is 24.3 Å². The number of anilines is 2. The Balaban J connectivity index is 1.62. The molecule has 0 aliphatic carbocycles. The molecule has 0 spiro atoms. The summed E-state index contributed by atoms with van der Waals surface area (Å²) in [5.74, 6) is 0.486. The van der Waals surface area contributed by atoms with Crippen molar-refractivity contribution in [2.45, 2.75) is 19.3 Å². The molecule has 1 saturated heterocycles. The Morgan fingerprint density at radius 2 is 2.04 bits per heavy atom. The summed E-state index contributed by atoms with van der Waals surface area (Å²) in [7, 11) is 0. The first-order valence-corrected chi connectivity index (χ1v) is 7.83. The lowest BCUT2D eigenvalue weighted by Gasteiger charge is -2.32. The third kappa shape index (κ3) is 3.84. The zero-order valence-electron chi connectivity index (χ0n) is 13.0. The smallest absolute Gasteiger partial charge is 0.263 e. The highest BCUT2D eigenvalue weighted by atomic mass is 19.3. The summed E-state index contributed by atoms with van der Waals surface area (Å²) >= 11 is 0. The number of hydrogen-bond acceptors (Lipinski definition) is 4. The van der Waals surface area contributed by atoms with Gasteiger partial charge < -0.3 is 10.2 Å². The maximum absolute atomic E-state index is 12.6. The van der Waals surface area contributed by atoms with Crippen LogP contribution in [0.25, 0.3) is 0 Å². The van der Waals surface area contributed by atoms with Gasteiger partial charge >= 0.3 is 0 Å². The van der Waals surface area contributed by atoms with Crippen LogP contribution in [0.1, 0.15) is 24.8 Å². The number of amides is 1. The Morgan fingerprint density at radius 3 is 2.71 bits per heavy atom. The van der Waals surface area contributed by atoms with Crippen LogP contribution in [0.15, 0.2) is 42.9 Å². The molecule has 2 heterocycles. The lowest BCUT2D eigenvalue weighted by molar-refractivity contribution is -0.120. The molecule has 0 saturated carbocycles. The fourth-order valence-corrected chi connectivity index (χ4v) is 2.81. The van der Waals surface area contributed by atoms with E-state index in [9.17, 15) is 13.6 Å². The Bertz CT molecular complexity index is 679. The van der Waals surface area contributed by atoms with Gasteiger partial charge in [-0.25, -0.2) is 13.8 Å². The summed E-state index contributed by atoms with van der Waals surface area (Å²) in [5, 5.41) is 2.80. The van der Waals surface area contributed by atoms with Crippen LogP contribution in [-0.4, -0.2) is 29.0 Å².